The average molecular weight is 225 g/mol. The first-order valence-electron chi connectivity index (χ1n) is 3.81. The highest BCUT2D eigenvalue weighted by molar-refractivity contribution is 7.80. The molecular formula is C9H7NO4S. The second kappa shape index (κ2) is 5.14. The third kappa shape index (κ3) is 3.81. The molecule has 6 heteroatoms. The Morgan fingerprint density at radius 3 is 2.67 bits per heavy atom. The number of benzene rings is 1. The van der Waals surface area contributed by atoms with E-state index < -0.39 is 17.2 Å². The van der Waals surface area contributed by atoms with Gasteiger partial charge in [-0.2, -0.15) is 0 Å². The SMILES string of the molecule is O=C(O)C#Cc1ccccc1NS(=O)O. The molecule has 0 fully saturated rings. The first-order chi connectivity index (χ1) is 7.09. The van der Waals surface area contributed by atoms with Crippen LogP contribution >= 0.6 is 0 Å². The van der Waals surface area contributed by atoms with E-state index in [-0.39, 0.29) is 0 Å². The molecule has 0 aliphatic heterocycles. The first-order valence-corrected chi connectivity index (χ1v) is 4.92. The van der Waals surface area contributed by atoms with Gasteiger partial charge in [-0.05, 0) is 12.1 Å². The number of carbonyl (C=O) groups is 1. The van der Waals surface area contributed by atoms with Gasteiger partial charge in [0.25, 0.3) is 11.3 Å². The highest BCUT2D eigenvalue weighted by Crippen LogP contribution is 2.13. The number of aliphatic carboxylic acids is 1. The van der Waals surface area contributed by atoms with Gasteiger partial charge in [-0.25, -0.2) is 9.00 Å². The Labute approximate surface area is 88.5 Å². The molecule has 1 aromatic rings. The topological polar surface area (TPSA) is 86.6 Å². The van der Waals surface area contributed by atoms with Crippen molar-refractivity contribution in [1.82, 2.24) is 0 Å². The zero-order chi connectivity index (χ0) is 11.3. The number of carboxylic acids is 1. The van der Waals surface area contributed by atoms with E-state index in [1.807, 2.05) is 5.92 Å². The van der Waals surface area contributed by atoms with Crippen LogP contribution in [0.2, 0.25) is 0 Å². The van der Waals surface area contributed by atoms with Gasteiger partial charge in [0, 0.05) is 11.5 Å². The number of anilines is 1. The molecule has 0 heterocycles. The molecule has 0 bridgehead atoms. The summed E-state index contributed by atoms with van der Waals surface area (Å²) in [5.74, 6) is 3.03. The smallest absolute Gasteiger partial charge is 0.382 e. The molecule has 15 heavy (non-hydrogen) atoms. The number of para-hydroxylation sites is 1. The minimum absolute atomic E-state index is 0.312. The molecule has 0 radical (unpaired) electrons. The summed E-state index contributed by atoms with van der Waals surface area (Å²) in [6.07, 6.45) is 0. The van der Waals surface area contributed by atoms with Gasteiger partial charge in [0.2, 0.25) is 0 Å². The van der Waals surface area contributed by atoms with Gasteiger partial charge in [-0.1, -0.05) is 18.1 Å². The average Bonchev–Trinajstić information content (AvgIpc) is 2.15. The van der Waals surface area contributed by atoms with Crippen LogP contribution < -0.4 is 4.72 Å². The van der Waals surface area contributed by atoms with Gasteiger partial charge < -0.3 is 5.11 Å². The maximum Gasteiger partial charge on any atom is 0.382 e. The van der Waals surface area contributed by atoms with Crippen LogP contribution in [0.15, 0.2) is 24.3 Å². The summed E-state index contributed by atoms with van der Waals surface area (Å²) in [6, 6.07) is 6.36. The zero-order valence-electron chi connectivity index (χ0n) is 7.43. The molecule has 5 nitrogen and oxygen atoms in total. The van der Waals surface area contributed by atoms with Crippen molar-refractivity contribution in [2.45, 2.75) is 0 Å². The number of rotatable bonds is 2. The monoisotopic (exact) mass is 225 g/mol. The van der Waals surface area contributed by atoms with Crippen LogP contribution in [0.25, 0.3) is 0 Å². The van der Waals surface area contributed by atoms with Crippen molar-refractivity contribution in [2.75, 3.05) is 4.72 Å². The molecule has 3 N–H and O–H groups in total. The van der Waals surface area contributed by atoms with Gasteiger partial charge in [0.15, 0.2) is 0 Å². The maximum absolute atomic E-state index is 10.5. The fourth-order valence-corrected chi connectivity index (χ4v) is 1.26. The standard InChI is InChI=1S/C9H7NO4S/c11-9(12)6-5-7-3-1-2-4-8(7)10-15(13)14/h1-4,10H,(H,11,12)(H,13,14). The summed E-state index contributed by atoms with van der Waals surface area (Å²) in [4.78, 5) is 10.2. The lowest BCUT2D eigenvalue weighted by Gasteiger charge is -2.02. The fraction of sp³-hybridized carbons (Fsp3) is 0. The van der Waals surface area contributed by atoms with E-state index in [4.69, 9.17) is 9.66 Å². The molecule has 0 saturated heterocycles. The Balaban J connectivity index is 3.02. The minimum Gasteiger partial charge on any atom is -0.472 e. The summed E-state index contributed by atoms with van der Waals surface area (Å²) in [5, 5.41) is 8.34. The highest BCUT2D eigenvalue weighted by atomic mass is 32.2. The van der Waals surface area contributed by atoms with Crippen LogP contribution in [0.4, 0.5) is 5.69 Å². The summed E-state index contributed by atoms with van der Waals surface area (Å²) in [6.45, 7) is 0. The molecule has 0 saturated carbocycles. The summed E-state index contributed by atoms with van der Waals surface area (Å²) in [7, 11) is 0. The number of hydrogen-bond acceptors (Lipinski definition) is 2. The van der Waals surface area contributed by atoms with Crippen LogP contribution in [-0.4, -0.2) is 19.8 Å². The van der Waals surface area contributed by atoms with E-state index in [1.54, 1.807) is 18.2 Å². The quantitative estimate of drug-likeness (QED) is 0.510. The van der Waals surface area contributed by atoms with E-state index in [0.29, 0.717) is 11.3 Å². The second-order valence-electron chi connectivity index (χ2n) is 2.45. The van der Waals surface area contributed by atoms with E-state index in [0.717, 1.165) is 0 Å². The molecule has 1 rings (SSSR count). The molecule has 0 spiro atoms. The first kappa shape index (κ1) is 11.2. The predicted molar refractivity (Wildman–Crippen MR) is 55.3 cm³/mol. The van der Waals surface area contributed by atoms with Gasteiger partial charge >= 0.3 is 5.97 Å². The normalized spacial score (nSPS) is 11.0. The highest BCUT2D eigenvalue weighted by Gasteiger charge is 2.00. The van der Waals surface area contributed by atoms with E-state index >= 15 is 0 Å². The predicted octanol–water partition coefficient (Wildman–Crippen LogP) is 0.671. The van der Waals surface area contributed by atoms with E-state index in [9.17, 15) is 9.00 Å². The maximum atomic E-state index is 10.5. The van der Waals surface area contributed by atoms with E-state index in [2.05, 4.69) is 10.6 Å². The molecule has 0 aliphatic rings. The lowest BCUT2D eigenvalue weighted by molar-refractivity contribution is -0.130. The third-order valence-corrected chi connectivity index (χ3v) is 1.82. The lowest BCUT2D eigenvalue weighted by Crippen LogP contribution is -2.03. The van der Waals surface area contributed by atoms with Crippen molar-refractivity contribution in [1.29, 1.82) is 0 Å². The van der Waals surface area contributed by atoms with Crippen LogP contribution in [-0.2, 0) is 16.1 Å². The summed E-state index contributed by atoms with van der Waals surface area (Å²) >= 11 is -2.21. The van der Waals surface area contributed by atoms with Gasteiger partial charge in [-0.3, -0.25) is 9.27 Å². The van der Waals surface area contributed by atoms with Gasteiger partial charge in [0.1, 0.15) is 0 Å². The van der Waals surface area contributed by atoms with Crippen LogP contribution in [0.3, 0.4) is 0 Å². The Hall–Kier alpha value is -1.84. The van der Waals surface area contributed by atoms with Crippen LogP contribution in [0.1, 0.15) is 5.56 Å². The molecule has 0 aromatic heterocycles. The molecule has 0 aliphatic carbocycles. The molecular weight excluding hydrogens is 218 g/mol. The fourth-order valence-electron chi connectivity index (χ4n) is 0.896. The Morgan fingerprint density at radius 1 is 1.40 bits per heavy atom. The summed E-state index contributed by atoms with van der Waals surface area (Å²) in [5.41, 5.74) is 0.661. The van der Waals surface area contributed by atoms with Crippen molar-refractivity contribution in [3.63, 3.8) is 0 Å². The lowest BCUT2D eigenvalue weighted by atomic mass is 10.2. The Bertz CT molecular complexity index is 461. The largest absolute Gasteiger partial charge is 0.472 e. The molecule has 1 atom stereocenters. The van der Waals surface area contributed by atoms with Crippen molar-refractivity contribution in [3.05, 3.63) is 29.8 Å². The Morgan fingerprint density at radius 2 is 2.07 bits per heavy atom. The van der Waals surface area contributed by atoms with Crippen molar-refractivity contribution >= 4 is 22.9 Å². The van der Waals surface area contributed by atoms with E-state index in [1.165, 1.54) is 6.07 Å². The third-order valence-electron chi connectivity index (χ3n) is 1.43. The number of hydrogen-bond donors (Lipinski definition) is 3. The zero-order valence-corrected chi connectivity index (χ0v) is 8.25. The van der Waals surface area contributed by atoms with Gasteiger partial charge in [0.05, 0.1) is 5.69 Å². The molecule has 1 unspecified atom stereocenters. The number of nitrogens with one attached hydrogen (secondary N) is 1. The second-order valence-corrected chi connectivity index (χ2v) is 3.15. The number of carboxylic acid groups (broad SMARTS) is 1. The Kier molecular flexibility index (Phi) is 3.85. The molecule has 0 amide bonds. The van der Waals surface area contributed by atoms with Crippen molar-refractivity contribution < 1.29 is 18.7 Å². The van der Waals surface area contributed by atoms with Gasteiger partial charge in [-0.15, -0.1) is 0 Å². The molecule has 78 valence electrons. The van der Waals surface area contributed by atoms with Crippen molar-refractivity contribution in [2.24, 2.45) is 0 Å². The van der Waals surface area contributed by atoms with Crippen LogP contribution in [0, 0.1) is 11.8 Å². The van der Waals surface area contributed by atoms with Crippen molar-refractivity contribution in [3.8, 4) is 11.8 Å². The van der Waals surface area contributed by atoms with Crippen LogP contribution in [0.5, 0.6) is 0 Å². The molecule has 1 aromatic carbocycles. The minimum atomic E-state index is -2.21. The summed E-state index contributed by atoms with van der Waals surface area (Å²) < 4.78 is 21.3.